The summed E-state index contributed by atoms with van der Waals surface area (Å²) in [5, 5.41) is 13.5. The Morgan fingerprint density at radius 3 is 2.00 bits per heavy atom. The van der Waals surface area contributed by atoms with Crippen LogP contribution in [-0.4, -0.2) is 23.8 Å². The molecule has 0 bridgehead atoms. The molecule has 1 atom stereocenters. The smallest absolute Gasteiger partial charge is 0.0679 e. The van der Waals surface area contributed by atoms with Crippen LogP contribution in [0.2, 0.25) is 0 Å². The Morgan fingerprint density at radius 1 is 1.14 bits per heavy atom. The molecule has 1 unspecified atom stereocenters. The van der Waals surface area contributed by atoms with Gasteiger partial charge in [-0.25, -0.2) is 0 Å². The lowest BCUT2D eigenvalue weighted by Crippen LogP contribution is -2.42. The fraction of sp³-hybridized carbons (Fsp3) is 1.00. The molecular weight excluding hydrogens is 174 g/mol. The fourth-order valence-corrected chi connectivity index (χ4v) is 1.10. The van der Waals surface area contributed by atoms with Gasteiger partial charge in [0.1, 0.15) is 0 Å². The number of aliphatic hydroxyl groups is 1. The molecule has 0 aromatic rings. The van der Waals surface area contributed by atoms with E-state index in [1.807, 2.05) is 6.92 Å². The van der Waals surface area contributed by atoms with Gasteiger partial charge in [-0.3, -0.25) is 0 Å². The number of hydrogen-bond acceptors (Lipinski definition) is 2. The maximum absolute atomic E-state index is 10.2. The first-order chi connectivity index (χ1) is 6.17. The largest absolute Gasteiger partial charge is 0.390 e. The predicted octanol–water partition coefficient (Wildman–Crippen LogP) is 2.42. The Morgan fingerprint density at radius 2 is 1.64 bits per heavy atom. The van der Waals surface area contributed by atoms with Gasteiger partial charge in [-0.1, -0.05) is 34.6 Å². The molecule has 0 fully saturated rings. The minimum absolute atomic E-state index is 0.0491. The Labute approximate surface area is 89.1 Å². The van der Waals surface area contributed by atoms with E-state index < -0.39 is 5.60 Å². The van der Waals surface area contributed by atoms with Crippen LogP contribution in [-0.2, 0) is 0 Å². The Bertz CT molecular complexity index is 156. The molecule has 0 spiro atoms. The molecule has 0 aliphatic heterocycles. The van der Waals surface area contributed by atoms with Crippen molar-refractivity contribution in [1.29, 1.82) is 0 Å². The van der Waals surface area contributed by atoms with Gasteiger partial charge >= 0.3 is 0 Å². The summed E-state index contributed by atoms with van der Waals surface area (Å²) >= 11 is 0. The second kappa shape index (κ2) is 5.13. The summed E-state index contributed by atoms with van der Waals surface area (Å²) in [5.74, 6) is 0.676. The Hall–Kier alpha value is -0.0800. The Kier molecular flexibility index (Phi) is 5.10. The number of hydrogen-bond donors (Lipinski definition) is 2. The average molecular weight is 201 g/mol. The van der Waals surface area contributed by atoms with Gasteiger partial charge in [-0.2, -0.15) is 0 Å². The van der Waals surface area contributed by atoms with Gasteiger partial charge in [-0.05, 0) is 37.8 Å². The van der Waals surface area contributed by atoms with Crippen molar-refractivity contribution in [2.75, 3.05) is 13.1 Å². The van der Waals surface area contributed by atoms with E-state index in [9.17, 15) is 5.11 Å². The molecule has 0 heterocycles. The summed E-state index contributed by atoms with van der Waals surface area (Å²) in [4.78, 5) is 0. The van der Waals surface area contributed by atoms with Crippen LogP contribution in [0.5, 0.6) is 0 Å². The van der Waals surface area contributed by atoms with E-state index in [2.05, 4.69) is 39.9 Å². The highest BCUT2D eigenvalue weighted by Crippen LogP contribution is 2.32. The summed E-state index contributed by atoms with van der Waals surface area (Å²) in [5.41, 5.74) is -0.635. The van der Waals surface area contributed by atoms with Crippen molar-refractivity contribution in [3.8, 4) is 0 Å². The van der Waals surface area contributed by atoms with Crippen molar-refractivity contribution >= 4 is 0 Å². The van der Waals surface area contributed by atoms with Gasteiger partial charge in [0.15, 0.2) is 0 Å². The summed E-state index contributed by atoms with van der Waals surface area (Å²) in [6, 6.07) is 0. The molecule has 0 radical (unpaired) electrons. The molecule has 0 saturated heterocycles. The minimum Gasteiger partial charge on any atom is -0.390 e. The van der Waals surface area contributed by atoms with Crippen molar-refractivity contribution in [3.05, 3.63) is 0 Å². The predicted molar refractivity (Wildman–Crippen MR) is 62.4 cm³/mol. The first-order valence-corrected chi connectivity index (χ1v) is 5.60. The van der Waals surface area contributed by atoms with Gasteiger partial charge in [0, 0.05) is 0 Å². The molecule has 14 heavy (non-hydrogen) atoms. The SMILES string of the molecule is CC(C)CNCCC(C)(O)C(C)(C)C. The van der Waals surface area contributed by atoms with Gasteiger partial charge in [0.25, 0.3) is 0 Å². The second-order valence-corrected chi connectivity index (χ2v) is 5.87. The zero-order valence-electron chi connectivity index (χ0n) is 10.6. The first kappa shape index (κ1) is 13.9. The molecule has 0 rings (SSSR count). The summed E-state index contributed by atoms with van der Waals surface area (Å²) in [6.07, 6.45) is 0.809. The third-order valence-electron chi connectivity index (χ3n) is 2.96. The van der Waals surface area contributed by atoms with Gasteiger partial charge < -0.3 is 10.4 Å². The van der Waals surface area contributed by atoms with E-state index >= 15 is 0 Å². The van der Waals surface area contributed by atoms with E-state index in [0.717, 1.165) is 19.5 Å². The van der Waals surface area contributed by atoms with Crippen LogP contribution in [0.4, 0.5) is 0 Å². The van der Waals surface area contributed by atoms with E-state index in [1.54, 1.807) is 0 Å². The maximum atomic E-state index is 10.2. The second-order valence-electron chi connectivity index (χ2n) is 5.87. The highest BCUT2D eigenvalue weighted by molar-refractivity contribution is 4.86. The van der Waals surface area contributed by atoms with Crippen molar-refractivity contribution < 1.29 is 5.11 Å². The molecule has 0 aromatic heterocycles. The van der Waals surface area contributed by atoms with E-state index in [0.29, 0.717) is 5.92 Å². The zero-order chi connectivity index (χ0) is 11.4. The van der Waals surface area contributed by atoms with Crippen LogP contribution in [0.1, 0.15) is 48.0 Å². The summed E-state index contributed by atoms with van der Waals surface area (Å²) < 4.78 is 0. The molecule has 0 aromatic carbocycles. The molecule has 0 aliphatic rings. The highest BCUT2D eigenvalue weighted by atomic mass is 16.3. The van der Waals surface area contributed by atoms with Crippen molar-refractivity contribution in [2.45, 2.75) is 53.6 Å². The van der Waals surface area contributed by atoms with Crippen LogP contribution in [0.25, 0.3) is 0 Å². The van der Waals surface area contributed by atoms with E-state index in [-0.39, 0.29) is 5.41 Å². The summed E-state index contributed by atoms with van der Waals surface area (Å²) in [7, 11) is 0. The lowest BCUT2D eigenvalue weighted by atomic mass is 9.76. The zero-order valence-corrected chi connectivity index (χ0v) is 10.6. The quantitative estimate of drug-likeness (QED) is 0.670. The molecule has 2 heteroatoms. The topological polar surface area (TPSA) is 32.3 Å². The molecular formula is C12H27NO. The van der Waals surface area contributed by atoms with Crippen LogP contribution in [0, 0.1) is 11.3 Å². The maximum Gasteiger partial charge on any atom is 0.0679 e. The molecule has 2 nitrogen and oxygen atoms in total. The van der Waals surface area contributed by atoms with Gasteiger partial charge in [0.2, 0.25) is 0 Å². The molecule has 0 aliphatic carbocycles. The van der Waals surface area contributed by atoms with Crippen molar-refractivity contribution in [3.63, 3.8) is 0 Å². The molecule has 0 amide bonds. The Balaban J connectivity index is 3.78. The lowest BCUT2D eigenvalue weighted by Gasteiger charge is -2.37. The van der Waals surface area contributed by atoms with E-state index in [1.165, 1.54) is 0 Å². The lowest BCUT2D eigenvalue weighted by molar-refractivity contribution is -0.0473. The standard InChI is InChI=1S/C12H27NO/c1-10(2)9-13-8-7-12(6,14)11(3,4)5/h10,13-14H,7-9H2,1-6H3. The summed E-state index contributed by atoms with van der Waals surface area (Å²) in [6.45, 7) is 14.5. The molecule has 2 N–H and O–H groups in total. The van der Waals surface area contributed by atoms with Crippen LogP contribution < -0.4 is 5.32 Å². The van der Waals surface area contributed by atoms with E-state index in [4.69, 9.17) is 0 Å². The van der Waals surface area contributed by atoms with Crippen LogP contribution in [0.3, 0.4) is 0 Å². The number of rotatable bonds is 5. The average Bonchev–Trinajstić information content (AvgIpc) is 1.95. The monoisotopic (exact) mass is 201 g/mol. The third kappa shape index (κ3) is 4.97. The third-order valence-corrected chi connectivity index (χ3v) is 2.96. The van der Waals surface area contributed by atoms with Crippen LogP contribution in [0.15, 0.2) is 0 Å². The molecule has 86 valence electrons. The minimum atomic E-state index is -0.586. The fourth-order valence-electron chi connectivity index (χ4n) is 1.10. The molecule has 0 saturated carbocycles. The highest BCUT2D eigenvalue weighted by Gasteiger charge is 2.34. The normalized spacial score (nSPS) is 17.1. The van der Waals surface area contributed by atoms with Crippen LogP contribution >= 0.6 is 0 Å². The number of nitrogens with one attached hydrogen (secondary N) is 1. The van der Waals surface area contributed by atoms with Gasteiger partial charge in [-0.15, -0.1) is 0 Å². The van der Waals surface area contributed by atoms with Crippen molar-refractivity contribution in [1.82, 2.24) is 5.32 Å². The van der Waals surface area contributed by atoms with Gasteiger partial charge in [0.05, 0.1) is 5.60 Å². The first-order valence-electron chi connectivity index (χ1n) is 5.60. The van der Waals surface area contributed by atoms with Crippen molar-refractivity contribution in [2.24, 2.45) is 11.3 Å².